The van der Waals surface area contributed by atoms with E-state index in [0.29, 0.717) is 17.7 Å². The van der Waals surface area contributed by atoms with E-state index in [1.54, 1.807) is 0 Å². The molecule has 3 aromatic heterocycles. The van der Waals surface area contributed by atoms with Crippen molar-refractivity contribution in [3.8, 4) is 11.4 Å². The first kappa shape index (κ1) is 28.4. The molecule has 0 bridgehead atoms. The van der Waals surface area contributed by atoms with Crippen molar-refractivity contribution < 1.29 is 14.1 Å². The maximum Gasteiger partial charge on any atom is 0.315 e. The Bertz CT molecular complexity index is 1750. The van der Waals surface area contributed by atoms with Gasteiger partial charge < -0.3 is 19.6 Å². The normalized spacial score (nSPS) is 19.9. The number of nitrogens with one attached hydrogen (secondary N) is 2. The van der Waals surface area contributed by atoms with Crippen LogP contribution in [0.15, 0.2) is 40.0 Å². The van der Waals surface area contributed by atoms with Crippen LogP contribution in [0, 0.1) is 6.92 Å². The van der Waals surface area contributed by atoms with E-state index in [1.807, 2.05) is 13.1 Å². The quantitative estimate of drug-likeness (QED) is 0.240. The van der Waals surface area contributed by atoms with Gasteiger partial charge in [-0.25, -0.2) is 9.98 Å². The van der Waals surface area contributed by atoms with Gasteiger partial charge in [0.2, 0.25) is 0 Å². The molecule has 2 N–H and O–H groups in total. The largest absolute Gasteiger partial charge is 0.381 e. The van der Waals surface area contributed by atoms with Gasteiger partial charge in [0.25, 0.3) is 0 Å². The van der Waals surface area contributed by atoms with Crippen molar-refractivity contribution in [2.24, 2.45) is 4.99 Å². The molecule has 11 heteroatoms. The Hall–Kier alpha value is -4.38. The van der Waals surface area contributed by atoms with Crippen LogP contribution in [0.4, 0.5) is 5.82 Å². The zero-order chi connectivity index (χ0) is 30.4. The molecular weight excluding hydrogens is 556 g/mol. The Morgan fingerprint density at radius 1 is 1.23 bits per heavy atom. The summed E-state index contributed by atoms with van der Waals surface area (Å²) < 4.78 is 13.0. The van der Waals surface area contributed by atoms with E-state index in [0.717, 1.165) is 97.6 Å². The summed E-state index contributed by atoms with van der Waals surface area (Å²) in [5, 5.41) is 11.9. The average Bonchev–Trinajstić information content (AvgIpc) is 3.40. The van der Waals surface area contributed by atoms with Crippen LogP contribution in [-0.2, 0) is 16.6 Å². The van der Waals surface area contributed by atoms with Gasteiger partial charge in [-0.15, -0.1) is 0 Å². The number of rotatable bonds is 8. The molecule has 1 aliphatic heterocycles. The van der Waals surface area contributed by atoms with Crippen molar-refractivity contribution in [3.05, 3.63) is 70.3 Å². The molecule has 0 spiro atoms. The Labute approximate surface area is 256 Å². The number of aliphatic imine (C=N–C) groups is 1. The predicted molar refractivity (Wildman–Crippen MR) is 166 cm³/mol. The number of hydrogen-bond donors (Lipinski definition) is 2. The Kier molecular flexibility index (Phi) is 7.28. The van der Waals surface area contributed by atoms with Gasteiger partial charge in [0.1, 0.15) is 11.5 Å². The number of aryl methyl sites for hydroxylation is 1. The van der Waals surface area contributed by atoms with Crippen LogP contribution in [0.5, 0.6) is 0 Å². The maximum atomic E-state index is 13.0. The highest BCUT2D eigenvalue weighted by molar-refractivity contribution is 5.90. The van der Waals surface area contributed by atoms with Crippen molar-refractivity contribution in [2.45, 2.75) is 83.2 Å². The van der Waals surface area contributed by atoms with Crippen LogP contribution >= 0.6 is 0 Å². The number of carbonyl (C=O) groups is 1. The lowest BCUT2D eigenvalue weighted by atomic mass is 9.85. The minimum Gasteiger partial charge on any atom is -0.381 e. The van der Waals surface area contributed by atoms with Crippen molar-refractivity contribution in [2.75, 3.05) is 13.2 Å². The summed E-state index contributed by atoms with van der Waals surface area (Å²) in [7, 11) is 0. The molecule has 1 unspecified atom stereocenters. The summed E-state index contributed by atoms with van der Waals surface area (Å²) >= 11 is 0. The number of fused-ring (bicyclic) bond motifs is 1. The standard InChI is InChI=1S/C33H38N8O3/c1-5-23(27-29(34-4)38-28(37-27)25-18-35-41(19(25)2)22-11-15-43-16-12-22)21-9-10-24-20(17-21)7-6-8-26(24)36-30(42)31-39-32(40-44-31)33(3)13-14-33/h5,9-10,17-18,22,26H,4,6-8,11-16H2,1-3H3,(H,36,42)(H,37,38)/b23-5-. The first-order valence-corrected chi connectivity index (χ1v) is 15.5. The number of imidazole rings is 1. The number of aromatic amines is 1. The summed E-state index contributed by atoms with van der Waals surface area (Å²) in [5.41, 5.74) is 7.02. The highest BCUT2D eigenvalue weighted by atomic mass is 16.5. The highest BCUT2D eigenvalue weighted by Gasteiger charge is 2.44. The number of allylic oxidation sites excluding steroid dienone is 1. The van der Waals surface area contributed by atoms with Crippen molar-refractivity contribution in [3.63, 3.8) is 0 Å². The molecule has 1 saturated heterocycles. The monoisotopic (exact) mass is 594 g/mol. The number of H-pyrrole nitrogens is 1. The molecule has 1 amide bonds. The fourth-order valence-corrected chi connectivity index (χ4v) is 6.51. The van der Waals surface area contributed by atoms with Crippen LogP contribution in [0.25, 0.3) is 17.0 Å². The number of aromatic nitrogens is 6. The van der Waals surface area contributed by atoms with Crippen LogP contribution in [-0.4, -0.2) is 55.7 Å². The van der Waals surface area contributed by atoms with Gasteiger partial charge in [0.05, 0.1) is 23.8 Å². The Morgan fingerprint density at radius 3 is 2.80 bits per heavy atom. The third-order valence-electron chi connectivity index (χ3n) is 9.46. The molecule has 11 nitrogen and oxygen atoms in total. The molecule has 3 aliphatic rings. The van der Waals surface area contributed by atoms with Gasteiger partial charge in [0, 0.05) is 29.9 Å². The second-order valence-electron chi connectivity index (χ2n) is 12.4. The number of ether oxygens (including phenoxy) is 1. The number of amides is 1. The first-order valence-electron chi connectivity index (χ1n) is 15.5. The summed E-state index contributed by atoms with van der Waals surface area (Å²) in [6, 6.07) is 6.61. The summed E-state index contributed by atoms with van der Waals surface area (Å²) in [5.74, 6) is 1.66. The molecule has 4 heterocycles. The Balaban J connectivity index is 1.13. The molecule has 1 saturated carbocycles. The third-order valence-corrected chi connectivity index (χ3v) is 9.46. The van der Waals surface area contributed by atoms with E-state index in [-0.39, 0.29) is 23.3 Å². The lowest BCUT2D eigenvalue weighted by molar-refractivity contribution is 0.0657. The third kappa shape index (κ3) is 5.08. The summed E-state index contributed by atoms with van der Waals surface area (Å²) in [6.45, 7) is 11.5. The van der Waals surface area contributed by atoms with Gasteiger partial charge in [-0.3, -0.25) is 9.48 Å². The molecule has 44 heavy (non-hydrogen) atoms. The molecule has 2 fully saturated rings. The van der Waals surface area contributed by atoms with Crippen LogP contribution < -0.4 is 5.32 Å². The second-order valence-corrected chi connectivity index (χ2v) is 12.4. The fraction of sp³-hybridized carbons (Fsp3) is 0.455. The lowest BCUT2D eigenvalue weighted by Crippen LogP contribution is -2.31. The van der Waals surface area contributed by atoms with Crippen molar-refractivity contribution in [1.29, 1.82) is 0 Å². The van der Waals surface area contributed by atoms with E-state index in [9.17, 15) is 4.79 Å². The van der Waals surface area contributed by atoms with Crippen molar-refractivity contribution in [1.82, 2.24) is 35.2 Å². The molecule has 1 aromatic carbocycles. The maximum absolute atomic E-state index is 13.0. The molecule has 1 atom stereocenters. The minimum absolute atomic E-state index is 0.0281. The fourth-order valence-electron chi connectivity index (χ4n) is 6.51. The van der Waals surface area contributed by atoms with Gasteiger partial charge in [-0.2, -0.15) is 10.1 Å². The molecule has 228 valence electrons. The van der Waals surface area contributed by atoms with Crippen LogP contribution in [0.3, 0.4) is 0 Å². The summed E-state index contributed by atoms with van der Waals surface area (Å²) in [4.78, 5) is 30.1. The molecule has 4 aromatic rings. The number of nitrogens with zero attached hydrogens (tertiary/aromatic N) is 6. The number of benzene rings is 1. The van der Waals surface area contributed by atoms with Gasteiger partial charge in [-0.1, -0.05) is 36.4 Å². The predicted octanol–water partition coefficient (Wildman–Crippen LogP) is 5.96. The van der Waals surface area contributed by atoms with Gasteiger partial charge in [0.15, 0.2) is 11.6 Å². The smallest absolute Gasteiger partial charge is 0.315 e. The zero-order valence-electron chi connectivity index (χ0n) is 25.5. The summed E-state index contributed by atoms with van der Waals surface area (Å²) in [6.07, 6.45) is 10.6. The highest BCUT2D eigenvalue weighted by Crippen LogP contribution is 2.46. The van der Waals surface area contributed by atoms with Crippen LogP contribution in [0.2, 0.25) is 0 Å². The van der Waals surface area contributed by atoms with E-state index in [2.05, 4.69) is 75.0 Å². The van der Waals surface area contributed by atoms with E-state index >= 15 is 0 Å². The van der Waals surface area contributed by atoms with E-state index in [4.69, 9.17) is 19.3 Å². The molecule has 2 aliphatic carbocycles. The second kappa shape index (κ2) is 11.3. The topological polar surface area (TPSA) is 136 Å². The van der Waals surface area contributed by atoms with E-state index < -0.39 is 0 Å². The SMILES string of the molecule is C=Nc1[nH]c(-c2cnn(C3CCOCC3)c2C)nc1/C(=C\C)c1ccc2c(c1)CCCC2NC(=O)c1nc(C2(C)CC2)no1. The average molecular weight is 595 g/mol. The number of hydrogen-bond acceptors (Lipinski definition) is 8. The van der Waals surface area contributed by atoms with E-state index in [1.165, 1.54) is 5.56 Å². The van der Waals surface area contributed by atoms with Gasteiger partial charge >= 0.3 is 11.8 Å². The zero-order valence-corrected chi connectivity index (χ0v) is 25.5. The molecule has 0 radical (unpaired) electrons. The Morgan fingerprint density at radius 2 is 2.05 bits per heavy atom. The lowest BCUT2D eigenvalue weighted by Gasteiger charge is -2.26. The number of carbonyl (C=O) groups excluding carboxylic acids is 1. The minimum atomic E-state index is -0.328. The molecular formula is C33H38N8O3. The molecule has 7 rings (SSSR count). The van der Waals surface area contributed by atoms with Gasteiger partial charge in [-0.05, 0) is 82.2 Å². The van der Waals surface area contributed by atoms with Crippen molar-refractivity contribution >= 4 is 24.0 Å². The first-order chi connectivity index (χ1) is 21.4. The van der Waals surface area contributed by atoms with Crippen LogP contribution in [0.1, 0.15) is 109 Å².